The van der Waals surface area contributed by atoms with Crippen molar-refractivity contribution in [1.82, 2.24) is 0 Å². The highest BCUT2D eigenvalue weighted by Gasteiger charge is 2.29. The van der Waals surface area contributed by atoms with Crippen LogP contribution in [-0.2, 0) is 12.6 Å². The van der Waals surface area contributed by atoms with Gasteiger partial charge in [0.2, 0.25) is 0 Å². The van der Waals surface area contributed by atoms with Crippen molar-refractivity contribution in [2.75, 3.05) is 0 Å². The first kappa shape index (κ1) is 16.5. The first-order valence-electron chi connectivity index (χ1n) is 6.06. The molecule has 0 radical (unpaired) electrons. The van der Waals surface area contributed by atoms with Crippen molar-refractivity contribution in [3.05, 3.63) is 68.1 Å². The van der Waals surface area contributed by atoms with Crippen molar-refractivity contribution >= 4 is 31.9 Å². The van der Waals surface area contributed by atoms with E-state index in [0.717, 1.165) is 21.1 Å². The van der Waals surface area contributed by atoms with E-state index in [2.05, 4.69) is 31.9 Å². The van der Waals surface area contributed by atoms with E-state index in [-0.39, 0.29) is 6.42 Å². The van der Waals surface area contributed by atoms with Gasteiger partial charge in [-0.1, -0.05) is 44.0 Å². The molecule has 0 saturated carbocycles. The minimum Gasteiger partial charge on any atom is -0.388 e. The Bertz CT molecular complexity index is 604. The number of hydrogen-bond acceptors (Lipinski definition) is 1. The molecular weight excluding hydrogens is 413 g/mol. The summed E-state index contributed by atoms with van der Waals surface area (Å²) >= 11 is 6.66. The molecule has 0 saturated heterocycles. The first-order chi connectivity index (χ1) is 9.75. The lowest BCUT2D eigenvalue weighted by Gasteiger charge is -2.13. The number of alkyl halides is 3. The first-order valence-corrected chi connectivity index (χ1v) is 7.64. The van der Waals surface area contributed by atoms with Crippen LogP contribution in [0.1, 0.15) is 22.8 Å². The van der Waals surface area contributed by atoms with Crippen LogP contribution in [-0.4, -0.2) is 5.11 Å². The van der Waals surface area contributed by atoms with Gasteiger partial charge in [-0.3, -0.25) is 0 Å². The van der Waals surface area contributed by atoms with Crippen LogP contribution in [0.15, 0.2) is 51.4 Å². The maximum absolute atomic E-state index is 12.5. The standard InChI is InChI=1S/C15H11Br2F3O/c16-12-6-10(7-13(17)8-12)14(21)5-9-1-3-11(4-2-9)15(18,19)20/h1-4,6-8,14,21H,5H2. The molecule has 0 aliphatic heterocycles. The van der Waals surface area contributed by atoms with Crippen LogP contribution in [0.2, 0.25) is 0 Å². The summed E-state index contributed by atoms with van der Waals surface area (Å²) in [6.07, 6.45) is -4.87. The Hall–Kier alpha value is -0.850. The lowest BCUT2D eigenvalue weighted by atomic mass is 10.0. The maximum atomic E-state index is 12.5. The van der Waals surface area contributed by atoms with Gasteiger partial charge in [-0.05, 0) is 41.5 Å². The van der Waals surface area contributed by atoms with Gasteiger partial charge in [0, 0.05) is 15.4 Å². The Morgan fingerprint density at radius 3 is 1.95 bits per heavy atom. The molecular formula is C15H11Br2F3O. The highest BCUT2D eigenvalue weighted by molar-refractivity contribution is 9.11. The number of aliphatic hydroxyl groups excluding tert-OH is 1. The Balaban J connectivity index is 2.14. The molecule has 0 aliphatic rings. The van der Waals surface area contributed by atoms with Gasteiger partial charge in [0.05, 0.1) is 11.7 Å². The van der Waals surface area contributed by atoms with Gasteiger partial charge in [0.15, 0.2) is 0 Å². The monoisotopic (exact) mass is 422 g/mol. The predicted octanol–water partition coefficient (Wildman–Crippen LogP) is 5.51. The van der Waals surface area contributed by atoms with E-state index in [0.29, 0.717) is 11.1 Å². The van der Waals surface area contributed by atoms with Gasteiger partial charge in [0.25, 0.3) is 0 Å². The second-order valence-corrected chi connectivity index (χ2v) is 6.45. The third kappa shape index (κ3) is 4.56. The summed E-state index contributed by atoms with van der Waals surface area (Å²) in [6, 6.07) is 10.2. The van der Waals surface area contributed by atoms with Gasteiger partial charge in [-0.15, -0.1) is 0 Å². The van der Waals surface area contributed by atoms with Gasteiger partial charge in [-0.2, -0.15) is 13.2 Å². The molecule has 0 spiro atoms. The second kappa shape index (κ2) is 6.50. The molecule has 2 aromatic carbocycles. The molecule has 0 fully saturated rings. The van der Waals surface area contributed by atoms with Crippen LogP contribution in [0.25, 0.3) is 0 Å². The van der Waals surface area contributed by atoms with Gasteiger partial charge in [-0.25, -0.2) is 0 Å². The van der Waals surface area contributed by atoms with Crippen molar-refractivity contribution in [1.29, 1.82) is 0 Å². The number of rotatable bonds is 3. The van der Waals surface area contributed by atoms with Gasteiger partial charge in [0.1, 0.15) is 0 Å². The average Bonchev–Trinajstić information content (AvgIpc) is 2.37. The molecule has 1 atom stereocenters. The fourth-order valence-corrected chi connectivity index (χ4v) is 3.27. The SMILES string of the molecule is OC(Cc1ccc(C(F)(F)F)cc1)c1cc(Br)cc(Br)c1. The summed E-state index contributed by atoms with van der Waals surface area (Å²) in [5.74, 6) is 0. The van der Waals surface area contributed by atoms with Crippen molar-refractivity contribution in [2.45, 2.75) is 18.7 Å². The molecule has 0 amide bonds. The van der Waals surface area contributed by atoms with Crippen LogP contribution >= 0.6 is 31.9 Å². The summed E-state index contributed by atoms with van der Waals surface area (Å²) < 4.78 is 39.1. The third-order valence-electron chi connectivity index (χ3n) is 2.98. The molecule has 0 bridgehead atoms. The zero-order valence-electron chi connectivity index (χ0n) is 10.7. The summed E-state index contributed by atoms with van der Waals surface area (Å²) in [4.78, 5) is 0. The Morgan fingerprint density at radius 2 is 1.48 bits per heavy atom. The highest BCUT2D eigenvalue weighted by atomic mass is 79.9. The van der Waals surface area contributed by atoms with E-state index in [1.807, 2.05) is 6.07 Å². The Morgan fingerprint density at radius 1 is 0.952 bits per heavy atom. The predicted molar refractivity (Wildman–Crippen MR) is 81.9 cm³/mol. The molecule has 2 rings (SSSR count). The number of benzene rings is 2. The number of hydrogen-bond donors (Lipinski definition) is 1. The fraction of sp³-hybridized carbons (Fsp3) is 0.200. The Labute approximate surface area is 137 Å². The van der Waals surface area contributed by atoms with E-state index in [1.165, 1.54) is 12.1 Å². The highest BCUT2D eigenvalue weighted by Crippen LogP contribution is 2.30. The minimum absolute atomic E-state index is 0.251. The quantitative estimate of drug-likeness (QED) is 0.690. The van der Waals surface area contributed by atoms with E-state index >= 15 is 0 Å². The van der Waals surface area contributed by atoms with Crippen molar-refractivity contribution in [3.8, 4) is 0 Å². The largest absolute Gasteiger partial charge is 0.416 e. The summed E-state index contributed by atoms with van der Waals surface area (Å²) in [6.45, 7) is 0. The van der Waals surface area contributed by atoms with Crippen molar-refractivity contribution in [3.63, 3.8) is 0 Å². The van der Waals surface area contributed by atoms with Gasteiger partial charge >= 0.3 is 6.18 Å². The molecule has 2 aromatic rings. The van der Waals surface area contributed by atoms with Crippen LogP contribution in [0, 0.1) is 0 Å². The molecule has 0 heterocycles. The van der Waals surface area contributed by atoms with Crippen molar-refractivity contribution < 1.29 is 18.3 Å². The fourth-order valence-electron chi connectivity index (χ4n) is 1.94. The van der Waals surface area contributed by atoms with Crippen molar-refractivity contribution in [2.24, 2.45) is 0 Å². The maximum Gasteiger partial charge on any atom is 0.416 e. The summed E-state index contributed by atoms with van der Waals surface area (Å²) in [5, 5.41) is 10.2. The smallest absolute Gasteiger partial charge is 0.388 e. The van der Waals surface area contributed by atoms with Gasteiger partial charge < -0.3 is 5.11 Å². The molecule has 6 heteroatoms. The normalized spacial score (nSPS) is 13.2. The summed E-state index contributed by atoms with van der Waals surface area (Å²) in [7, 11) is 0. The molecule has 21 heavy (non-hydrogen) atoms. The molecule has 1 N–H and O–H groups in total. The van der Waals surface area contributed by atoms with E-state index in [9.17, 15) is 18.3 Å². The number of halogens is 5. The van der Waals surface area contributed by atoms with E-state index in [4.69, 9.17) is 0 Å². The third-order valence-corrected chi connectivity index (χ3v) is 3.90. The second-order valence-electron chi connectivity index (χ2n) is 4.62. The molecule has 112 valence electrons. The molecule has 0 aliphatic carbocycles. The van der Waals surface area contributed by atoms with Crippen LogP contribution < -0.4 is 0 Å². The van der Waals surface area contributed by atoms with Crippen LogP contribution in [0.4, 0.5) is 13.2 Å². The zero-order chi connectivity index (χ0) is 15.6. The lowest BCUT2D eigenvalue weighted by Crippen LogP contribution is -2.06. The average molecular weight is 424 g/mol. The molecule has 1 unspecified atom stereocenters. The topological polar surface area (TPSA) is 20.2 Å². The van der Waals surface area contributed by atoms with E-state index < -0.39 is 17.8 Å². The molecule has 0 aromatic heterocycles. The Kier molecular flexibility index (Phi) is 5.11. The zero-order valence-corrected chi connectivity index (χ0v) is 13.8. The number of aliphatic hydroxyl groups is 1. The van der Waals surface area contributed by atoms with Crippen LogP contribution in [0.3, 0.4) is 0 Å². The molecule has 1 nitrogen and oxygen atoms in total. The van der Waals surface area contributed by atoms with E-state index in [1.54, 1.807) is 12.1 Å². The lowest BCUT2D eigenvalue weighted by molar-refractivity contribution is -0.137. The van der Waals surface area contributed by atoms with Crippen LogP contribution in [0.5, 0.6) is 0 Å². The summed E-state index contributed by atoms with van der Waals surface area (Å²) in [5.41, 5.74) is 0.647. The minimum atomic E-state index is -4.34.